The maximum Gasteiger partial charge on any atom is 0.234 e. The molecule has 0 spiro atoms. The molecule has 1 fully saturated rings. The lowest BCUT2D eigenvalue weighted by Gasteiger charge is -2.23. The van der Waals surface area contributed by atoms with Crippen LogP contribution in [0.25, 0.3) is 22.2 Å². The zero-order chi connectivity index (χ0) is 23.1. The van der Waals surface area contributed by atoms with Gasteiger partial charge in [-0.15, -0.1) is 0 Å². The predicted molar refractivity (Wildman–Crippen MR) is 125 cm³/mol. The number of para-hydroxylation sites is 1. The van der Waals surface area contributed by atoms with Crippen molar-refractivity contribution in [3.63, 3.8) is 0 Å². The Bertz CT molecular complexity index is 1430. The van der Waals surface area contributed by atoms with Gasteiger partial charge < -0.3 is 10.7 Å². The minimum Gasteiger partial charge on any atom is -0.354 e. The van der Waals surface area contributed by atoms with Crippen LogP contribution in [0.2, 0.25) is 0 Å². The highest BCUT2D eigenvalue weighted by Gasteiger charge is 2.37. The van der Waals surface area contributed by atoms with E-state index in [2.05, 4.69) is 4.98 Å². The SMILES string of the molecule is N[C@@H](Cc1ccccc1)C(=O)c1c2cc3ccccc3[nH]c-2cc(=O)c1N1C(=O)CCC1=O. The number of anilines is 1. The summed E-state index contributed by atoms with van der Waals surface area (Å²) in [6.07, 6.45) is 0.261. The van der Waals surface area contributed by atoms with Crippen molar-refractivity contribution >= 4 is 34.2 Å². The number of nitrogens with one attached hydrogen (secondary N) is 1. The molecule has 7 nitrogen and oxygen atoms in total. The average Bonchev–Trinajstić information content (AvgIpc) is 3.14. The Kier molecular flexibility index (Phi) is 5.11. The Morgan fingerprint density at radius 1 is 0.939 bits per heavy atom. The number of H-pyrrole nitrogens is 1. The summed E-state index contributed by atoms with van der Waals surface area (Å²) in [6.45, 7) is 0. The molecule has 0 bridgehead atoms. The summed E-state index contributed by atoms with van der Waals surface area (Å²) in [5.41, 5.74) is 8.10. The topological polar surface area (TPSA) is 113 Å². The molecule has 0 aromatic heterocycles. The molecule has 33 heavy (non-hydrogen) atoms. The summed E-state index contributed by atoms with van der Waals surface area (Å²) in [5, 5.41) is 0.819. The number of amides is 2. The molecule has 3 aliphatic rings. The molecule has 2 aliphatic heterocycles. The monoisotopic (exact) mass is 439 g/mol. The van der Waals surface area contributed by atoms with Crippen LogP contribution in [-0.2, 0) is 16.0 Å². The molecule has 3 N–H and O–H groups in total. The van der Waals surface area contributed by atoms with Gasteiger partial charge in [0, 0.05) is 30.0 Å². The van der Waals surface area contributed by atoms with E-state index in [0.717, 1.165) is 21.4 Å². The van der Waals surface area contributed by atoms with Crippen LogP contribution >= 0.6 is 0 Å². The lowest BCUT2D eigenvalue weighted by molar-refractivity contribution is -0.121. The molecule has 1 atom stereocenters. The summed E-state index contributed by atoms with van der Waals surface area (Å²) in [7, 11) is 0. The van der Waals surface area contributed by atoms with Crippen molar-refractivity contribution in [2.75, 3.05) is 4.90 Å². The zero-order valence-corrected chi connectivity index (χ0v) is 17.7. The number of nitrogens with two attached hydrogens (primary N) is 1. The molecule has 0 radical (unpaired) electrons. The smallest absolute Gasteiger partial charge is 0.234 e. The number of hydrogen-bond donors (Lipinski definition) is 2. The number of ketones is 1. The van der Waals surface area contributed by atoms with Gasteiger partial charge in [-0.05, 0) is 29.5 Å². The lowest BCUT2D eigenvalue weighted by atomic mass is 9.90. The van der Waals surface area contributed by atoms with Crippen LogP contribution < -0.4 is 16.1 Å². The number of aromatic nitrogens is 1. The quantitative estimate of drug-likeness (QED) is 0.282. The van der Waals surface area contributed by atoms with Crippen molar-refractivity contribution in [2.45, 2.75) is 25.3 Å². The Hall–Kier alpha value is -4.10. The number of imide groups is 1. The molecule has 7 heteroatoms. The third-order valence-corrected chi connectivity index (χ3v) is 5.99. The van der Waals surface area contributed by atoms with Gasteiger partial charge in [0.1, 0.15) is 5.69 Å². The molecule has 2 aromatic rings. The second-order valence-corrected chi connectivity index (χ2v) is 8.20. The van der Waals surface area contributed by atoms with Crippen LogP contribution in [0.4, 0.5) is 5.69 Å². The molecule has 2 aromatic carbocycles. The van der Waals surface area contributed by atoms with Crippen molar-refractivity contribution in [1.82, 2.24) is 4.98 Å². The van der Waals surface area contributed by atoms with Crippen LogP contribution in [0.5, 0.6) is 0 Å². The summed E-state index contributed by atoms with van der Waals surface area (Å²) in [6, 6.07) is 18.9. The maximum atomic E-state index is 13.7. The number of benzene rings is 3. The van der Waals surface area contributed by atoms with E-state index in [4.69, 9.17) is 5.73 Å². The number of nitrogens with zero attached hydrogens (tertiary/aromatic N) is 1. The van der Waals surface area contributed by atoms with Gasteiger partial charge in [-0.2, -0.15) is 0 Å². The van der Waals surface area contributed by atoms with E-state index < -0.39 is 29.1 Å². The number of aromatic amines is 1. The average molecular weight is 439 g/mol. The van der Waals surface area contributed by atoms with Gasteiger partial charge in [0.05, 0.1) is 17.3 Å². The first kappa shape index (κ1) is 20.8. The van der Waals surface area contributed by atoms with Crippen LogP contribution in [0.3, 0.4) is 0 Å². The van der Waals surface area contributed by atoms with E-state index in [-0.39, 0.29) is 30.5 Å². The normalized spacial score (nSPS) is 14.9. The van der Waals surface area contributed by atoms with Gasteiger partial charge in [0.25, 0.3) is 0 Å². The second kappa shape index (κ2) is 8.11. The van der Waals surface area contributed by atoms with E-state index in [1.807, 2.05) is 54.6 Å². The molecule has 0 saturated carbocycles. The summed E-state index contributed by atoms with van der Waals surface area (Å²) >= 11 is 0. The van der Waals surface area contributed by atoms with Gasteiger partial charge in [-0.25, -0.2) is 4.90 Å². The first-order valence-corrected chi connectivity index (χ1v) is 10.7. The maximum absolute atomic E-state index is 13.7. The van der Waals surface area contributed by atoms with Crippen LogP contribution in [0, 0.1) is 0 Å². The van der Waals surface area contributed by atoms with Crippen molar-refractivity contribution in [1.29, 1.82) is 0 Å². The van der Waals surface area contributed by atoms with Gasteiger partial charge in [-0.3, -0.25) is 19.2 Å². The summed E-state index contributed by atoms with van der Waals surface area (Å²) in [5.74, 6) is -1.48. The van der Waals surface area contributed by atoms with Crippen LogP contribution in [0.15, 0.2) is 71.5 Å². The fourth-order valence-electron chi connectivity index (χ4n) is 4.40. The number of fused-ring (bicyclic) bond motifs is 2. The molecular weight excluding hydrogens is 418 g/mol. The molecule has 1 aliphatic carbocycles. The van der Waals surface area contributed by atoms with Crippen molar-refractivity contribution in [2.24, 2.45) is 5.73 Å². The van der Waals surface area contributed by atoms with Crippen LogP contribution in [0.1, 0.15) is 28.8 Å². The minimum atomic E-state index is -0.963. The molecule has 0 unspecified atom stereocenters. The summed E-state index contributed by atoms with van der Waals surface area (Å²) in [4.78, 5) is 56.0. The Balaban J connectivity index is 1.74. The number of carbonyl (C=O) groups is 3. The first-order valence-electron chi connectivity index (χ1n) is 10.7. The number of rotatable bonds is 5. The van der Waals surface area contributed by atoms with E-state index in [1.165, 1.54) is 6.07 Å². The van der Waals surface area contributed by atoms with Gasteiger partial charge in [-0.1, -0.05) is 48.5 Å². The Morgan fingerprint density at radius 3 is 2.33 bits per heavy atom. The fourth-order valence-corrected chi connectivity index (χ4v) is 4.40. The third kappa shape index (κ3) is 3.62. The van der Waals surface area contributed by atoms with Gasteiger partial charge in [0.2, 0.25) is 17.2 Å². The number of carbonyl (C=O) groups excluding carboxylic acids is 3. The molecule has 5 rings (SSSR count). The van der Waals surface area contributed by atoms with Crippen molar-refractivity contribution in [3.05, 3.63) is 88.1 Å². The second-order valence-electron chi connectivity index (χ2n) is 8.20. The molecular formula is C26H21N3O4. The highest BCUT2D eigenvalue weighted by atomic mass is 16.2. The highest BCUT2D eigenvalue weighted by Crippen LogP contribution is 2.35. The Morgan fingerprint density at radius 2 is 1.61 bits per heavy atom. The molecule has 2 heterocycles. The third-order valence-electron chi connectivity index (χ3n) is 5.99. The number of hydrogen-bond acceptors (Lipinski definition) is 5. The Labute approximate surface area is 189 Å². The van der Waals surface area contributed by atoms with Crippen molar-refractivity contribution in [3.8, 4) is 11.3 Å². The molecule has 1 saturated heterocycles. The predicted octanol–water partition coefficient (Wildman–Crippen LogP) is 3.04. The van der Waals surface area contributed by atoms with Gasteiger partial charge in [0.15, 0.2) is 5.78 Å². The zero-order valence-electron chi connectivity index (χ0n) is 17.7. The van der Waals surface area contributed by atoms with E-state index in [0.29, 0.717) is 11.3 Å². The first-order chi connectivity index (χ1) is 15.9. The van der Waals surface area contributed by atoms with E-state index in [1.54, 1.807) is 6.07 Å². The standard InChI is InChI=1S/C26H21N3O4/c27-18(12-15-6-2-1-3-7-15)26(33)24-17-13-16-8-4-5-9-19(16)28-20(17)14-21(30)25(24)29-22(31)10-11-23(29)32/h1-9,13-14,18,28H,10-12,27H2/t18-/m0/s1. The largest absolute Gasteiger partial charge is 0.354 e. The minimum absolute atomic E-state index is 0.00382. The molecule has 164 valence electrons. The lowest BCUT2D eigenvalue weighted by Crippen LogP contribution is -2.39. The number of Topliss-reactive ketones (excluding diaryl/α,β-unsaturated/α-hetero) is 1. The van der Waals surface area contributed by atoms with Crippen LogP contribution in [-0.4, -0.2) is 28.6 Å². The number of pyridine rings is 1. The highest BCUT2D eigenvalue weighted by molar-refractivity contribution is 6.24. The fraction of sp³-hybridized carbons (Fsp3) is 0.154. The molecule has 2 amide bonds. The van der Waals surface area contributed by atoms with E-state index >= 15 is 0 Å². The summed E-state index contributed by atoms with van der Waals surface area (Å²) < 4.78 is 0. The van der Waals surface area contributed by atoms with E-state index in [9.17, 15) is 19.2 Å². The van der Waals surface area contributed by atoms with Gasteiger partial charge >= 0.3 is 0 Å². The van der Waals surface area contributed by atoms with Crippen molar-refractivity contribution < 1.29 is 14.4 Å².